The molecule has 0 saturated heterocycles. The van der Waals surface area contributed by atoms with E-state index in [0.717, 1.165) is 37.9 Å². The summed E-state index contributed by atoms with van der Waals surface area (Å²) in [6.45, 7) is 1.24. The molecule has 6 nitrogen and oxygen atoms in total. The van der Waals surface area contributed by atoms with E-state index in [0.29, 0.717) is 11.5 Å². The Morgan fingerprint density at radius 1 is 1.41 bits per heavy atom. The van der Waals surface area contributed by atoms with Gasteiger partial charge >= 0.3 is 0 Å². The lowest BCUT2D eigenvalue weighted by atomic mass is 10.0. The van der Waals surface area contributed by atoms with E-state index in [4.69, 9.17) is 0 Å². The first kappa shape index (κ1) is 15.2. The van der Waals surface area contributed by atoms with Gasteiger partial charge in [-0.3, -0.25) is 14.0 Å². The van der Waals surface area contributed by atoms with Gasteiger partial charge in [-0.2, -0.15) is 0 Å². The van der Waals surface area contributed by atoms with Gasteiger partial charge in [0.2, 0.25) is 0 Å². The predicted molar refractivity (Wildman–Crippen MR) is 86.9 cm³/mol. The van der Waals surface area contributed by atoms with E-state index < -0.39 is 0 Å². The Hall–Kier alpha value is -1.73. The van der Waals surface area contributed by atoms with E-state index in [-0.39, 0.29) is 17.0 Å². The first-order chi connectivity index (χ1) is 10.6. The van der Waals surface area contributed by atoms with Crippen LogP contribution in [0.5, 0.6) is 0 Å². The normalized spacial score (nSPS) is 14.3. The number of nitrogens with one attached hydrogen (secondary N) is 1. The fourth-order valence-corrected chi connectivity index (χ4v) is 3.88. The molecule has 118 valence electrons. The summed E-state index contributed by atoms with van der Waals surface area (Å²) in [5.41, 5.74) is 0.931. The number of hydrogen-bond acceptors (Lipinski definition) is 5. The van der Waals surface area contributed by atoms with E-state index in [9.17, 15) is 9.59 Å². The van der Waals surface area contributed by atoms with E-state index in [1.807, 2.05) is 19.0 Å². The van der Waals surface area contributed by atoms with Crippen molar-refractivity contribution in [3.63, 3.8) is 0 Å². The molecule has 2 heterocycles. The van der Waals surface area contributed by atoms with Crippen LogP contribution in [0.4, 0.5) is 0 Å². The third-order valence-electron chi connectivity index (χ3n) is 3.89. The number of nitrogens with zero attached hydrogens (tertiary/aromatic N) is 3. The van der Waals surface area contributed by atoms with Gasteiger partial charge in [-0.05, 0) is 39.8 Å². The van der Waals surface area contributed by atoms with E-state index in [1.54, 1.807) is 15.7 Å². The summed E-state index contributed by atoms with van der Waals surface area (Å²) >= 11 is 1.57. The number of aromatic nitrogens is 2. The van der Waals surface area contributed by atoms with Crippen LogP contribution in [0.15, 0.2) is 11.0 Å². The minimum absolute atomic E-state index is 0.127. The fraction of sp³-hybridized carbons (Fsp3) is 0.533. The molecule has 0 bridgehead atoms. The first-order valence-corrected chi connectivity index (χ1v) is 8.35. The zero-order chi connectivity index (χ0) is 15.7. The highest BCUT2D eigenvalue weighted by Crippen LogP contribution is 2.28. The maximum absolute atomic E-state index is 12.7. The van der Waals surface area contributed by atoms with Crippen molar-refractivity contribution < 1.29 is 4.79 Å². The molecular formula is C15H20N4O2S. The standard InChI is InChI=1S/C15H20N4O2S/c1-18(2)8-7-16-13(20)10-9-17-15-19(14(10)21)11-5-3-4-6-12(11)22-15/h9H,3-8H2,1-2H3,(H,16,20). The number of carbonyl (C=O) groups excluding carboxylic acids is 1. The van der Waals surface area contributed by atoms with Gasteiger partial charge in [0.15, 0.2) is 4.96 Å². The van der Waals surface area contributed by atoms with Gasteiger partial charge in [0.25, 0.3) is 11.5 Å². The minimum atomic E-state index is -0.343. The molecule has 0 spiro atoms. The van der Waals surface area contributed by atoms with Crippen LogP contribution in [0.2, 0.25) is 0 Å². The number of thiazole rings is 1. The molecule has 1 amide bonds. The molecule has 22 heavy (non-hydrogen) atoms. The molecule has 7 heteroatoms. The molecule has 0 fully saturated rings. The quantitative estimate of drug-likeness (QED) is 0.910. The first-order valence-electron chi connectivity index (χ1n) is 7.53. The molecule has 0 saturated carbocycles. The van der Waals surface area contributed by atoms with Crippen LogP contribution in [-0.2, 0) is 12.8 Å². The highest BCUT2D eigenvalue weighted by atomic mass is 32.1. The van der Waals surface area contributed by atoms with Gasteiger partial charge in [0.05, 0.1) is 0 Å². The highest BCUT2D eigenvalue weighted by Gasteiger charge is 2.21. The fourth-order valence-electron chi connectivity index (χ4n) is 2.71. The summed E-state index contributed by atoms with van der Waals surface area (Å²) in [5.74, 6) is -0.343. The molecule has 0 radical (unpaired) electrons. The zero-order valence-electron chi connectivity index (χ0n) is 12.9. The van der Waals surface area contributed by atoms with Crippen molar-refractivity contribution in [1.29, 1.82) is 0 Å². The summed E-state index contributed by atoms with van der Waals surface area (Å²) in [5, 5.41) is 2.78. The van der Waals surface area contributed by atoms with Crippen molar-refractivity contribution in [2.75, 3.05) is 27.2 Å². The highest BCUT2D eigenvalue weighted by molar-refractivity contribution is 7.17. The van der Waals surface area contributed by atoms with Crippen molar-refractivity contribution >= 4 is 22.2 Å². The summed E-state index contributed by atoms with van der Waals surface area (Å²) in [4.78, 5) is 33.1. The molecule has 3 rings (SSSR count). The van der Waals surface area contributed by atoms with E-state index >= 15 is 0 Å². The Kier molecular flexibility index (Phi) is 4.26. The molecule has 1 N–H and O–H groups in total. The van der Waals surface area contributed by atoms with Crippen molar-refractivity contribution in [2.45, 2.75) is 25.7 Å². The third-order valence-corrected chi connectivity index (χ3v) is 5.05. The Morgan fingerprint density at radius 2 is 2.18 bits per heavy atom. The number of likely N-dealkylation sites (N-methyl/N-ethyl adjacent to an activating group) is 1. The third kappa shape index (κ3) is 2.78. The summed E-state index contributed by atoms with van der Waals surface area (Å²) < 4.78 is 1.64. The lowest BCUT2D eigenvalue weighted by Gasteiger charge is -2.11. The molecule has 2 aromatic heterocycles. The maximum atomic E-state index is 12.7. The summed E-state index contributed by atoms with van der Waals surface area (Å²) in [6.07, 6.45) is 5.55. The smallest absolute Gasteiger partial charge is 0.271 e. The maximum Gasteiger partial charge on any atom is 0.271 e. The largest absolute Gasteiger partial charge is 0.351 e. The SMILES string of the molecule is CN(C)CCNC(=O)c1cnc2sc3c(n2c1=O)CCCC3. The Labute approximate surface area is 132 Å². The molecule has 0 atom stereocenters. The molecule has 1 aliphatic rings. The second-order valence-electron chi connectivity index (χ2n) is 5.83. The van der Waals surface area contributed by atoms with Crippen molar-refractivity contribution in [3.8, 4) is 0 Å². The zero-order valence-corrected chi connectivity index (χ0v) is 13.7. The number of carbonyl (C=O) groups is 1. The van der Waals surface area contributed by atoms with Gasteiger partial charge in [0, 0.05) is 29.9 Å². The van der Waals surface area contributed by atoms with Crippen molar-refractivity contribution in [2.24, 2.45) is 0 Å². The summed E-state index contributed by atoms with van der Waals surface area (Å²) in [6, 6.07) is 0. The monoisotopic (exact) mass is 320 g/mol. The topological polar surface area (TPSA) is 66.7 Å². The van der Waals surface area contributed by atoms with Gasteiger partial charge in [-0.15, -0.1) is 11.3 Å². The van der Waals surface area contributed by atoms with Crippen LogP contribution >= 0.6 is 11.3 Å². The second-order valence-corrected chi connectivity index (χ2v) is 6.90. The second kappa shape index (κ2) is 6.18. The van der Waals surface area contributed by atoms with E-state index in [2.05, 4.69) is 10.3 Å². The number of fused-ring (bicyclic) bond motifs is 3. The van der Waals surface area contributed by atoms with Gasteiger partial charge in [-0.25, -0.2) is 4.98 Å². The van der Waals surface area contributed by atoms with Crippen LogP contribution in [0.3, 0.4) is 0 Å². The van der Waals surface area contributed by atoms with E-state index in [1.165, 1.54) is 11.1 Å². The number of hydrogen-bond donors (Lipinski definition) is 1. The lowest BCUT2D eigenvalue weighted by Crippen LogP contribution is -2.35. The van der Waals surface area contributed by atoms with Gasteiger partial charge in [0.1, 0.15) is 5.56 Å². The Bertz CT molecular complexity index is 763. The average molecular weight is 320 g/mol. The van der Waals surface area contributed by atoms with Crippen LogP contribution in [0, 0.1) is 0 Å². The number of amides is 1. The number of rotatable bonds is 4. The van der Waals surface area contributed by atoms with Crippen LogP contribution in [0.25, 0.3) is 4.96 Å². The lowest BCUT2D eigenvalue weighted by molar-refractivity contribution is 0.0949. The average Bonchev–Trinajstić information content (AvgIpc) is 2.86. The molecule has 0 unspecified atom stereocenters. The Morgan fingerprint density at radius 3 is 2.95 bits per heavy atom. The summed E-state index contributed by atoms with van der Waals surface area (Å²) in [7, 11) is 3.87. The van der Waals surface area contributed by atoms with Gasteiger partial charge in [-0.1, -0.05) is 0 Å². The molecule has 0 aromatic carbocycles. The number of aryl methyl sites for hydroxylation is 2. The van der Waals surface area contributed by atoms with Crippen LogP contribution < -0.4 is 10.9 Å². The molecule has 1 aliphatic carbocycles. The minimum Gasteiger partial charge on any atom is -0.351 e. The van der Waals surface area contributed by atoms with Crippen LogP contribution in [-0.4, -0.2) is 47.4 Å². The van der Waals surface area contributed by atoms with Crippen molar-refractivity contribution in [3.05, 3.63) is 32.7 Å². The van der Waals surface area contributed by atoms with Crippen molar-refractivity contribution in [1.82, 2.24) is 19.6 Å². The van der Waals surface area contributed by atoms with Gasteiger partial charge < -0.3 is 10.2 Å². The predicted octanol–water partition coefficient (Wildman–Crippen LogP) is 0.926. The molecular weight excluding hydrogens is 300 g/mol. The Balaban J connectivity index is 1.93. The molecule has 2 aromatic rings. The molecule has 0 aliphatic heterocycles. The van der Waals surface area contributed by atoms with Crippen LogP contribution in [0.1, 0.15) is 33.8 Å².